The summed E-state index contributed by atoms with van der Waals surface area (Å²) in [7, 11) is 0. The number of aldehydes is 1. The molecule has 1 aliphatic carbocycles. The van der Waals surface area contributed by atoms with Gasteiger partial charge in [0, 0.05) is 11.3 Å². The van der Waals surface area contributed by atoms with Gasteiger partial charge in [-0.15, -0.1) is 0 Å². The van der Waals surface area contributed by atoms with E-state index in [1.807, 2.05) is 0 Å². The summed E-state index contributed by atoms with van der Waals surface area (Å²) in [4.78, 5) is 10.9. The first kappa shape index (κ1) is 18.4. The highest BCUT2D eigenvalue weighted by Gasteiger charge is 2.12. The van der Waals surface area contributed by atoms with Gasteiger partial charge >= 0.3 is 0 Å². The molecule has 0 saturated carbocycles. The Labute approximate surface area is 136 Å². The minimum atomic E-state index is -0.0379. The lowest BCUT2D eigenvalue weighted by molar-refractivity contribution is -0.111. The molecule has 0 aromatic rings. The van der Waals surface area contributed by atoms with E-state index in [1.54, 1.807) is 0 Å². The van der Waals surface area contributed by atoms with E-state index in [9.17, 15) is 4.79 Å². The summed E-state index contributed by atoms with van der Waals surface area (Å²) in [6.45, 7) is 4.30. The van der Waals surface area contributed by atoms with Crippen molar-refractivity contribution in [3.05, 3.63) is 60.8 Å². The fraction of sp³-hybridized carbons (Fsp3) is 0.476. The van der Waals surface area contributed by atoms with E-state index in [1.165, 1.54) is 0 Å². The molecule has 0 fully saturated rings. The van der Waals surface area contributed by atoms with Gasteiger partial charge in [-0.1, -0.05) is 67.7 Å². The van der Waals surface area contributed by atoms with Gasteiger partial charge in [-0.05, 0) is 45.4 Å². The summed E-state index contributed by atoms with van der Waals surface area (Å²) in [5.74, 6) is 0.204. The number of allylic oxidation sites excluding steroid dienone is 10. The Morgan fingerprint density at radius 2 is 1.55 bits per heavy atom. The van der Waals surface area contributed by atoms with Crippen LogP contribution in [0.5, 0.6) is 0 Å². The summed E-state index contributed by atoms with van der Waals surface area (Å²) in [5.41, 5.74) is -0.0379. The second kappa shape index (κ2) is 11.0. The molecule has 0 N–H and O–H groups in total. The van der Waals surface area contributed by atoms with E-state index in [4.69, 9.17) is 0 Å². The molecule has 1 rings (SSSR count). The van der Waals surface area contributed by atoms with Crippen LogP contribution in [0.15, 0.2) is 60.8 Å². The number of hydrogen-bond donors (Lipinski definition) is 0. The van der Waals surface area contributed by atoms with Crippen molar-refractivity contribution in [2.45, 2.75) is 52.4 Å². The van der Waals surface area contributed by atoms with E-state index >= 15 is 0 Å². The molecule has 1 nitrogen and oxygen atoms in total. The van der Waals surface area contributed by atoms with Crippen molar-refractivity contribution in [1.82, 2.24) is 0 Å². The molecule has 0 amide bonds. The van der Waals surface area contributed by atoms with Crippen LogP contribution in [-0.2, 0) is 4.79 Å². The number of carbonyl (C=O) groups is 1. The first-order valence-corrected chi connectivity index (χ1v) is 8.48. The van der Waals surface area contributed by atoms with Gasteiger partial charge in [-0.2, -0.15) is 0 Å². The van der Waals surface area contributed by atoms with Crippen molar-refractivity contribution in [2.75, 3.05) is 0 Å². The molecule has 1 aliphatic rings. The van der Waals surface area contributed by atoms with Crippen molar-refractivity contribution in [3.8, 4) is 0 Å². The third kappa shape index (κ3) is 7.97. The topological polar surface area (TPSA) is 17.1 Å². The van der Waals surface area contributed by atoms with E-state index in [0.29, 0.717) is 0 Å². The predicted molar refractivity (Wildman–Crippen MR) is 96.7 cm³/mol. The normalized spacial score (nSPS) is 28.5. The third-order valence-electron chi connectivity index (χ3n) is 4.00. The molecule has 2 atom stereocenters. The molecule has 0 heterocycles. The molecule has 0 bridgehead atoms. The Kier molecular flexibility index (Phi) is 9.21. The van der Waals surface area contributed by atoms with Crippen LogP contribution < -0.4 is 0 Å². The fourth-order valence-electron chi connectivity index (χ4n) is 2.45. The summed E-state index contributed by atoms with van der Waals surface area (Å²) >= 11 is 0. The molecule has 0 aliphatic heterocycles. The molecule has 0 radical (unpaired) electrons. The Balaban J connectivity index is 2.66. The fourth-order valence-corrected chi connectivity index (χ4v) is 2.45. The molecular formula is C21H30O. The van der Waals surface area contributed by atoms with Gasteiger partial charge in [0.05, 0.1) is 0 Å². The third-order valence-corrected chi connectivity index (χ3v) is 4.00. The van der Waals surface area contributed by atoms with Gasteiger partial charge in [-0.25, -0.2) is 0 Å². The minimum absolute atomic E-state index is 0.0379. The zero-order chi connectivity index (χ0) is 16.1. The molecule has 0 spiro atoms. The van der Waals surface area contributed by atoms with Gasteiger partial charge in [0.15, 0.2) is 0 Å². The van der Waals surface area contributed by atoms with Gasteiger partial charge < -0.3 is 4.79 Å². The zero-order valence-electron chi connectivity index (χ0n) is 14.1. The first-order valence-electron chi connectivity index (χ1n) is 8.48. The SMILES string of the molecule is CCC(C=O)CC/C=C\C1(C)C=CC/C=C\C/C=C\C/C=C\1. The Morgan fingerprint density at radius 1 is 1.00 bits per heavy atom. The van der Waals surface area contributed by atoms with Crippen LogP contribution >= 0.6 is 0 Å². The predicted octanol–water partition coefficient (Wildman–Crippen LogP) is 5.96. The van der Waals surface area contributed by atoms with Crippen LogP contribution in [0.4, 0.5) is 0 Å². The van der Waals surface area contributed by atoms with E-state index < -0.39 is 0 Å². The van der Waals surface area contributed by atoms with Gasteiger partial charge in [0.25, 0.3) is 0 Å². The molecule has 0 aromatic heterocycles. The lowest BCUT2D eigenvalue weighted by Gasteiger charge is -2.17. The average molecular weight is 298 g/mol. The van der Waals surface area contributed by atoms with Gasteiger partial charge in [0.2, 0.25) is 0 Å². The van der Waals surface area contributed by atoms with Crippen LogP contribution in [0.3, 0.4) is 0 Å². The summed E-state index contributed by atoms with van der Waals surface area (Å²) in [5, 5.41) is 0. The van der Waals surface area contributed by atoms with E-state index in [0.717, 1.165) is 44.8 Å². The van der Waals surface area contributed by atoms with Gasteiger partial charge in [0.1, 0.15) is 6.29 Å². The first-order chi connectivity index (χ1) is 10.7. The maximum atomic E-state index is 10.9. The maximum absolute atomic E-state index is 10.9. The molecule has 2 unspecified atom stereocenters. The van der Waals surface area contributed by atoms with E-state index in [2.05, 4.69) is 74.6 Å². The lowest BCUT2D eigenvalue weighted by Crippen LogP contribution is -2.05. The summed E-state index contributed by atoms with van der Waals surface area (Å²) < 4.78 is 0. The number of hydrogen-bond acceptors (Lipinski definition) is 1. The Bertz CT molecular complexity index is 425. The second-order valence-electron chi connectivity index (χ2n) is 6.10. The highest BCUT2D eigenvalue weighted by atomic mass is 16.1. The van der Waals surface area contributed by atoms with Crippen LogP contribution in [0, 0.1) is 11.3 Å². The zero-order valence-corrected chi connectivity index (χ0v) is 14.1. The second-order valence-corrected chi connectivity index (χ2v) is 6.10. The van der Waals surface area contributed by atoms with Crippen molar-refractivity contribution in [2.24, 2.45) is 11.3 Å². The quantitative estimate of drug-likeness (QED) is 0.436. The molecule has 0 aromatic carbocycles. The standard InChI is InChI=1S/C21H30O/c1-3-20(19-22)15-11-14-18-21(2)16-12-9-7-5-4-6-8-10-13-17-21/h5-8,12-14,16-20H,3-4,9-11,15H2,1-2H3/b7-5-,8-6-,16-12-,17-13?,18-14-. The van der Waals surface area contributed by atoms with Crippen molar-refractivity contribution in [1.29, 1.82) is 0 Å². The summed E-state index contributed by atoms with van der Waals surface area (Å²) in [6, 6.07) is 0. The Morgan fingerprint density at radius 3 is 2.05 bits per heavy atom. The smallest absolute Gasteiger partial charge is 0.123 e. The van der Waals surface area contributed by atoms with Crippen molar-refractivity contribution < 1.29 is 4.79 Å². The largest absolute Gasteiger partial charge is 0.303 e. The van der Waals surface area contributed by atoms with Gasteiger partial charge in [-0.3, -0.25) is 0 Å². The Hall–Kier alpha value is -1.63. The number of rotatable bonds is 6. The molecule has 1 heteroatoms. The van der Waals surface area contributed by atoms with Crippen LogP contribution in [0.25, 0.3) is 0 Å². The molecule has 120 valence electrons. The average Bonchev–Trinajstić information content (AvgIpc) is 2.51. The molecule has 0 saturated heterocycles. The van der Waals surface area contributed by atoms with Crippen molar-refractivity contribution >= 4 is 6.29 Å². The summed E-state index contributed by atoms with van der Waals surface area (Å²) in [6.07, 6.45) is 29.3. The van der Waals surface area contributed by atoms with Crippen LogP contribution in [-0.4, -0.2) is 6.29 Å². The lowest BCUT2D eigenvalue weighted by atomic mass is 9.87. The highest BCUT2D eigenvalue weighted by Crippen LogP contribution is 2.24. The minimum Gasteiger partial charge on any atom is -0.303 e. The number of carbonyl (C=O) groups excluding carboxylic acids is 1. The molecule has 22 heavy (non-hydrogen) atoms. The van der Waals surface area contributed by atoms with Crippen LogP contribution in [0.1, 0.15) is 52.4 Å². The maximum Gasteiger partial charge on any atom is 0.123 e. The van der Waals surface area contributed by atoms with Crippen molar-refractivity contribution in [3.63, 3.8) is 0 Å². The van der Waals surface area contributed by atoms with Crippen LogP contribution in [0.2, 0.25) is 0 Å². The monoisotopic (exact) mass is 298 g/mol. The molecular weight excluding hydrogens is 268 g/mol. The highest BCUT2D eigenvalue weighted by molar-refractivity contribution is 5.53. The van der Waals surface area contributed by atoms with E-state index in [-0.39, 0.29) is 11.3 Å².